The summed E-state index contributed by atoms with van der Waals surface area (Å²) in [5.41, 5.74) is 0.932. The highest BCUT2D eigenvalue weighted by Gasteiger charge is 2.34. The van der Waals surface area contributed by atoms with Crippen molar-refractivity contribution in [2.24, 2.45) is 5.92 Å². The first-order valence-electron chi connectivity index (χ1n) is 8.88. The van der Waals surface area contributed by atoms with E-state index in [0.717, 1.165) is 5.56 Å². The van der Waals surface area contributed by atoms with Gasteiger partial charge in [0.05, 0.1) is 13.0 Å². The van der Waals surface area contributed by atoms with Crippen molar-refractivity contribution >= 4 is 15.9 Å². The summed E-state index contributed by atoms with van der Waals surface area (Å²) in [5.74, 6) is 0.0479. The zero-order chi connectivity index (χ0) is 19.3. The number of amides is 1. The Kier molecular flexibility index (Phi) is 6.83. The maximum absolute atomic E-state index is 13.2. The van der Waals surface area contributed by atoms with Gasteiger partial charge in [-0.3, -0.25) is 4.79 Å². The predicted molar refractivity (Wildman–Crippen MR) is 102 cm³/mol. The van der Waals surface area contributed by atoms with E-state index in [1.807, 2.05) is 19.9 Å². The van der Waals surface area contributed by atoms with Crippen LogP contribution in [0.25, 0.3) is 0 Å². The van der Waals surface area contributed by atoms with E-state index in [4.69, 9.17) is 4.74 Å². The largest absolute Gasteiger partial charge is 0.495 e. The third-order valence-corrected chi connectivity index (χ3v) is 6.53. The van der Waals surface area contributed by atoms with Crippen molar-refractivity contribution in [2.45, 2.75) is 37.5 Å². The topological polar surface area (TPSA) is 75.7 Å². The molecule has 1 aliphatic rings. The molecule has 1 N–H and O–H groups in total. The van der Waals surface area contributed by atoms with Crippen LogP contribution in [0, 0.1) is 5.92 Å². The molecule has 0 aliphatic carbocycles. The molecule has 1 amide bonds. The van der Waals surface area contributed by atoms with Crippen molar-refractivity contribution in [3.8, 4) is 5.75 Å². The van der Waals surface area contributed by atoms with Crippen molar-refractivity contribution in [3.63, 3.8) is 0 Å². The van der Waals surface area contributed by atoms with Gasteiger partial charge in [-0.1, -0.05) is 26.0 Å². The standard InChI is InChI=1S/C19H28N2O4S/c1-5-10-20-19(22)16-7-6-11-21(13-16)26(23,24)18-12-15(14(2)3)8-9-17(18)25-4/h5,8-9,12,14,16H,1,6-7,10-11,13H2,2-4H3,(H,20,22)/t16-/m0/s1. The Morgan fingerprint density at radius 3 is 2.81 bits per heavy atom. The van der Waals surface area contributed by atoms with Crippen LogP contribution >= 0.6 is 0 Å². The van der Waals surface area contributed by atoms with Crippen molar-refractivity contribution in [1.82, 2.24) is 9.62 Å². The summed E-state index contributed by atoms with van der Waals surface area (Å²) < 4.78 is 33.1. The number of methoxy groups -OCH3 is 1. The molecule has 26 heavy (non-hydrogen) atoms. The van der Waals surface area contributed by atoms with Crippen LogP contribution in [0.15, 0.2) is 35.7 Å². The summed E-state index contributed by atoms with van der Waals surface area (Å²) in [7, 11) is -2.28. The molecule has 1 heterocycles. The average molecular weight is 381 g/mol. The van der Waals surface area contributed by atoms with Gasteiger partial charge in [0.1, 0.15) is 10.6 Å². The second-order valence-corrected chi connectivity index (χ2v) is 8.71. The fourth-order valence-electron chi connectivity index (χ4n) is 3.08. The van der Waals surface area contributed by atoms with E-state index in [-0.39, 0.29) is 29.2 Å². The van der Waals surface area contributed by atoms with Crippen LogP contribution in [-0.2, 0) is 14.8 Å². The Bertz CT molecular complexity index is 759. The minimum atomic E-state index is -3.74. The molecule has 0 radical (unpaired) electrons. The lowest BCUT2D eigenvalue weighted by Crippen LogP contribution is -2.45. The molecule has 1 saturated heterocycles. The number of rotatable bonds is 7. The van der Waals surface area contributed by atoms with E-state index in [9.17, 15) is 13.2 Å². The molecule has 0 bridgehead atoms. The minimum absolute atomic E-state index is 0.132. The molecule has 7 heteroatoms. The second kappa shape index (κ2) is 8.68. The average Bonchev–Trinajstić information content (AvgIpc) is 2.65. The van der Waals surface area contributed by atoms with Crippen LogP contribution < -0.4 is 10.1 Å². The number of nitrogens with zero attached hydrogens (tertiary/aromatic N) is 1. The Morgan fingerprint density at radius 1 is 1.46 bits per heavy atom. The lowest BCUT2D eigenvalue weighted by atomic mass is 9.99. The third-order valence-electron chi connectivity index (χ3n) is 4.65. The molecule has 1 aliphatic heterocycles. The van der Waals surface area contributed by atoms with Gasteiger partial charge in [0, 0.05) is 19.6 Å². The van der Waals surface area contributed by atoms with Gasteiger partial charge in [0.25, 0.3) is 0 Å². The molecule has 6 nitrogen and oxygen atoms in total. The predicted octanol–water partition coefficient (Wildman–Crippen LogP) is 2.52. The van der Waals surface area contributed by atoms with E-state index in [1.165, 1.54) is 11.4 Å². The van der Waals surface area contributed by atoms with Gasteiger partial charge in [-0.15, -0.1) is 6.58 Å². The lowest BCUT2D eigenvalue weighted by Gasteiger charge is -2.31. The normalized spacial score (nSPS) is 18.5. The summed E-state index contributed by atoms with van der Waals surface area (Å²) in [6, 6.07) is 5.25. The van der Waals surface area contributed by atoms with Gasteiger partial charge in [-0.25, -0.2) is 8.42 Å². The zero-order valence-electron chi connectivity index (χ0n) is 15.7. The van der Waals surface area contributed by atoms with E-state index >= 15 is 0 Å². The van der Waals surface area contributed by atoms with Gasteiger partial charge < -0.3 is 10.1 Å². The van der Waals surface area contributed by atoms with Gasteiger partial charge in [-0.05, 0) is 36.5 Å². The number of piperidine rings is 1. The highest BCUT2D eigenvalue weighted by molar-refractivity contribution is 7.89. The molecule has 1 atom stereocenters. The van der Waals surface area contributed by atoms with E-state index in [0.29, 0.717) is 31.7 Å². The number of hydrogen-bond acceptors (Lipinski definition) is 4. The van der Waals surface area contributed by atoms with Crippen molar-refractivity contribution in [1.29, 1.82) is 0 Å². The lowest BCUT2D eigenvalue weighted by molar-refractivity contribution is -0.125. The third kappa shape index (κ3) is 4.45. The summed E-state index contributed by atoms with van der Waals surface area (Å²) in [5, 5.41) is 2.76. The van der Waals surface area contributed by atoms with Crippen LogP contribution in [0.5, 0.6) is 5.75 Å². The minimum Gasteiger partial charge on any atom is -0.495 e. The van der Waals surface area contributed by atoms with Gasteiger partial charge in [0.2, 0.25) is 15.9 Å². The van der Waals surface area contributed by atoms with Crippen molar-refractivity contribution in [3.05, 3.63) is 36.4 Å². The molecule has 0 saturated carbocycles. The maximum Gasteiger partial charge on any atom is 0.246 e. The maximum atomic E-state index is 13.2. The van der Waals surface area contributed by atoms with Crippen LogP contribution in [0.2, 0.25) is 0 Å². The van der Waals surface area contributed by atoms with Gasteiger partial charge >= 0.3 is 0 Å². The quantitative estimate of drug-likeness (QED) is 0.738. The van der Waals surface area contributed by atoms with E-state index in [1.54, 1.807) is 18.2 Å². The van der Waals surface area contributed by atoms with Crippen molar-refractivity contribution < 1.29 is 17.9 Å². The first-order valence-corrected chi connectivity index (χ1v) is 10.3. The molecule has 1 fully saturated rings. The summed E-state index contributed by atoms with van der Waals surface area (Å²) in [6.07, 6.45) is 2.94. The Labute approximate surface area is 156 Å². The fraction of sp³-hybridized carbons (Fsp3) is 0.526. The molecule has 0 spiro atoms. The number of carbonyl (C=O) groups is 1. The molecular weight excluding hydrogens is 352 g/mol. The number of carbonyl (C=O) groups excluding carboxylic acids is 1. The molecule has 2 rings (SSSR count). The van der Waals surface area contributed by atoms with Crippen LogP contribution in [0.3, 0.4) is 0 Å². The number of ether oxygens (including phenoxy) is 1. The number of nitrogens with one attached hydrogen (secondary N) is 1. The fourth-order valence-corrected chi connectivity index (χ4v) is 4.80. The molecule has 0 unspecified atom stereocenters. The van der Waals surface area contributed by atoms with Crippen molar-refractivity contribution in [2.75, 3.05) is 26.7 Å². The highest BCUT2D eigenvalue weighted by atomic mass is 32.2. The Hall–Kier alpha value is -1.86. The molecule has 1 aromatic carbocycles. The van der Waals surface area contributed by atoms with E-state index in [2.05, 4.69) is 11.9 Å². The van der Waals surface area contributed by atoms with Gasteiger partial charge in [-0.2, -0.15) is 4.31 Å². The zero-order valence-corrected chi connectivity index (χ0v) is 16.5. The molecule has 1 aromatic rings. The molecule has 0 aromatic heterocycles. The Morgan fingerprint density at radius 2 is 2.19 bits per heavy atom. The summed E-state index contributed by atoms with van der Waals surface area (Å²) in [4.78, 5) is 12.4. The van der Waals surface area contributed by atoms with Crippen LogP contribution in [-0.4, -0.2) is 45.4 Å². The summed E-state index contributed by atoms with van der Waals surface area (Å²) in [6.45, 7) is 8.57. The van der Waals surface area contributed by atoms with Gasteiger partial charge in [0.15, 0.2) is 0 Å². The van der Waals surface area contributed by atoms with E-state index < -0.39 is 10.0 Å². The smallest absolute Gasteiger partial charge is 0.246 e. The Balaban J connectivity index is 2.30. The highest BCUT2D eigenvalue weighted by Crippen LogP contribution is 2.32. The van der Waals surface area contributed by atoms with Crippen LogP contribution in [0.1, 0.15) is 38.2 Å². The number of sulfonamides is 1. The first-order chi connectivity index (χ1) is 12.3. The monoisotopic (exact) mass is 380 g/mol. The molecule has 144 valence electrons. The molecular formula is C19H28N2O4S. The SMILES string of the molecule is C=CCNC(=O)[C@H]1CCCN(S(=O)(=O)c2cc(C(C)C)ccc2OC)C1. The van der Waals surface area contributed by atoms with Crippen LogP contribution in [0.4, 0.5) is 0 Å². The first kappa shape index (κ1) is 20.5. The number of hydrogen-bond donors (Lipinski definition) is 1. The second-order valence-electron chi connectivity index (χ2n) is 6.80. The summed E-state index contributed by atoms with van der Waals surface area (Å²) >= 11 is 0. The number of benzene rings is 1.